The van der Waals surface area contributed by atoms with Crippen LogP contribution >= 0.6 is 0 Å². The average Bonchev–Trinajstić information content (AvgIpc) is 2.71. The van der Waals surface area contributed by atoms with Crippen molar-refractivity contribution in [2.75, 3.05) is 25.0 Å². The molecule has 1 aromatic rings. The molecule has 1 aliphatic heterocycles. The van der Waals surface area contributed by atoms with Crippen LogP contribution in [-0.2, 0) is 11.3 Å². The van der Waals surface area contributed by atoms with Crippen LogP contribution in [0.5, 0.6) is 0 Å². The highest BCUT2D eigenvalue weighted by Crippen LogP contribution is 2.16. The van der Waals surface area contributed by atoms with E-state index >= 15 is 0 Å². The average molecular weight is 225 g/mol. The van der Waals surface area contributed by atoms with E-state index in [2.05, 4.69) is 20.8 Å². The van der Waals surface area contributed by atoms with Crippen molar-refractivity contribution in [3.63, 3.8) is 0 Å². The Morgan fingerprint density at radius 1 is 1.62 bits per heavy atom. The highest BCUT2D eigenvalue weighted by molar-refractivity contribution is 5.85. The van der Waals surface area contributed by atoms with E-state index in [1.165, 1.54) is 0 Å². The predicted molar refractivity (Wildman–Crippen MR) is 56.9 cm³/mol. The van der Waals surface area contributed by atoms with Crippen LogP contribution < -0.4 is 15.5 Å². The number of rotatable bonds is 3. The molecule has 7 nitrogen and oxygen atoms in total. The topological polar surface area (TPSA) is 83.3 Å². The number of aromatic nitrogens is 2. The van der Waals surface area contributed by atoms with E-state index in [1.54, 1.807) is 7.05 Å². The monoisotopic (exact) mass is 225 g/mol. The summed E-state index contributed by atoms with van der Waals surface area (Å²) in [6.45, 7) is 3.64. The Kier molecular flexibility index (Phi) is 3.04. The fourth-order valence-electron chi connectivity index (χ4n) is 1.63. The molecule has 1 saturated heterocycles. The molecule has 1 fully saturated rings. The number of hydrogen-bond donors (Lipinski definition) is 2. The van der Waals surface area contributed by atoms with Crippen LogP contribution in [0.15, 0.2) is 4.42 Å². The Balaban J connectivity index is 2.12. The van der Waals surface area contributed by atoms with Gasteiger partial charge in [0.1, 0.15) is 6.04 Å². The summed E-state index contributed by atoms with van der Waals surface area (Å²) >= 11 is 0. The maximum Gasteiger partial charge on any atom is 0.318 e. The van der Waals surface area contributed by atoms with Crippen LogP contribution in [0, 0.1) is 0 Å². The van der Waals surface area contributed by atoms with Gasteiger partial charge in [-0.3, -0.25) is 4.79 Å². The van der Waals surface area contributed by atoms with Gasteiger partial charge in [0.2, 0.25) is 11.8 Å². The molecular formula is C9H15N5O2. The number of amides is 1. The number of hydrogen-bond acceptors (Lipinski definition) is 6. The largest absolute Gasteiger partial charge is 0.407 e. The molecule has 16 heavy (non-hydrogen) atoms. The predicted octanol–water partition coefficient (Wildman–Crippen LogP) is -0.886. The second-order valence-corrected chi connectivity index (χ2v) is 3.67. The molecule has 0 spiro atoms. The lowest BCUT2D eigenvalue weighted by Crippen LogP contribution is -2.54. The second-order valence-electron chi connectivity index (χ2n) is 3.67. The maximum absolute atomic E-state index is 11.5. The molecule has 2 heterocycles. The zero-order chi connectivity index (χ0) is 11.5. The van der Waals surface area contributed by atoms with E-state index < -0.39 is 0 Å². The van der Waals surface area contributed by atoms with Crippen LogP contribution in [0.3, 0.4) is 0 Å². The Hall–Kier alpha value is -1.63. The first-order valence-electron chi connectivity index (χ1n) is 5.23. The summed E-state index contributed by atoms with van der Waals surface area (Å²) in [6.07, 6.45) is 0. The number of anilines is 1. The van der Waals surface area contributed by atoms with Gasteiger partial charge in [0, 0.05) is 13.1 Å². The molecule has 0 aromatic carbocycles. The van der Waals surface area contributed by atoms with E-state index in [0.29, 0.717) is 31.5 Å². The highest BCUT2D eigenvalue weighted by Gasteiger charge is 2.28. The van der Waals surface area contributed by atoms with Crippen LogP contribution in [0.4, 0.5) is 6.01 Å². The third-order valence-electron chi connectivity index (χ3n) is 2.53. The third-order valence-corrected chi connectivity index (χ3v) is 2.53. The van der Waals surface area contributed by atoms with Crippen LogP contribution in [0.2, 0.25) is 0 Å². The fourth-order valence-corrected chi connectivity index (χ4v) is 1.63. The normalized spacial score (nSPS) is 21.0. The van der Waals surface area contributed by atoms with Gasteiger partial charge in [0.05, 0.1) is 6.54 Å². The number of carbonyl (C=O) groups is 1. The number of nitrogens with zero attached hydrogens (tertiary/aromatic N) is 3. The molecule has 1 atom stereocenters. The SMILES string of the molecule is CNCc1nnc(N2CCNC(=O)C2C)o1. The molecule has 88 valence electrons. The van der Waals surface area contributed by atoms with Crippen molar-refractivity contribution in [1.82, 2.24) is 20.8 Å². The minimum atomic E-state index is -0.267. The van der Waals surface area contributed by atoms with E-state index in [-0.39, 0.29) is 11.9 Å². The van der Waals surface area contributed by atoms with Crippen molar-refractivity contribution in [3.8, 4) is 0 Å². The summed E-state index contributed by atoms with van der Waals surface area (Å²) in [7, 11) is 1.81. The zero-order valence-electron chi connectivity index (χ0n) is 9.36. The summed E-state index contributed by atoms with van der Waals surface area (Å²) in [5.74, 6) is 0.510. The maximum atomic E-state index is 11.5. The van der Waals surface area contributed by atoms with Crippen molar-refractivity contribution in [3.05, 3.63) is 5.89 Å². The molecule has 7 heteroatoms. The smallest absolute Gasteiger partial charge is 0.318 e. The van der Waals surface area contributed by atoms with Gasteiger partial charge in [-0.15, -0.1) is 5.10 Å². The quantitative estimate of drug-likeness (QED) is 0.694. The number of piperazine rings is 1. The zero-order valence-corrected chi connectivity index (χ0v) is 9.36. The molecule has 1 aromatic heterocycles. The van der Waals surface area contributed by atoms with Crippen LogP contribution in [-0.4, -0.2) is 42.3 Å². The molecule has 0 radical (unpaired) electrons. The first-order chi connectivity index (χ1) is 7.72. The van der Waals surface area contributed by atoms with Gasteiger partial charge in [-0.05, 0) is 14.0 Å². The van der Waals surface area contributed by atoms with E-state index in [1.807, 2.05) is 11.8 Å². The summed E-state index contributed by atoms with van der Waals surface area (Å²) in [4.78, 5) is 13.3. The lowest BCUT2D eigenvalue weighted by Gasteiger charge is -2.30. The molecule has 1 aliphatic rings. The number of carbonyl (C=O) groups excluding carboxylic acids is 1. The van der Waals surface area contributed by atoms with E-state index in [0.717, 1.165) is 0 Å². The van der Waals surface area contributed by atoms with Gasteiger partial charge < -0.3 is 20.0 Å². The Bertz CT molecular complexity index is 378. The van der Waals surface area contributed by atoms with Crippen LogP contribution in [0.1, 0.15) is 12.8 Å². The van der Waals surface area contributed by atoms with Gasteiger partial charge in [0.15, 0.2) is 0 Å². The molecule has 2 N–H and O–H groups in total. The summed E-state index contributed by atoms with van der Waals surface area (Å²) < 4.78 is 5.44. The molecule has 2 rings (SSSR count). The minimum absolute atomic E-state index is 0.0142. The number of nitrogens with one attached hydrogen (secondary N) is 2. The van der Waals surface area contributed by atoms with Crippen LogP contribution in [0.25, 0.3) is 0 Å². The minimum Gasteiger partial charge on any atom is -0.407 e. The Labute approximate surface area is 93.2 Å². The highest BCUT2D eigenvalue weighted by atomic mass is 16.4. The summed E-state index contributed by atoms with van der Waals surface area (Å²) in [6, 6.07) is 0.143. The molecule has 1 amide bonds. The Morgan fingerprint density at radius 2 is 2.44 bits per heavy atom. The van der Waals surface area contributed by atoms with Gasteiger partial charge >= 0.3 is 6.01 Å². The second kappa shape index (κ2) is 4.48. The van der Waals surface area contributed by atoms with Gasteiger partial charge in [0.25, 0.3) is 0 Å². The van der Waals surface area contributed by atoms with Gasteiger partial charge in [-0.25, -0.2) is 0 Å². The van der Waals surface area contributed by atoms with Gasteiger partial charge in [-0.1, -0.05) is 5.10 Å². The van der Waals surface area contributed by atoms with Crippen molar-refractivity contribution in [2.45, 2.75) is 19.5 Å². The lowest BCUT2D eigenvalue weighted by atomic mass is 10.2. The Morgan fingerprint density at radius 3 is 3.19 bits per heavy atom. The first-order valence-corrected chi connectivity index (χ1v) is 5.23. The van der Waals surface area contributed by atoms with Crippen molar-refractivity contribution >= 4 is 11.9 Å². The molecule has 0 saturated carbocycles. The van der Waals surface area contributed by atoms with E-state index in [9.17, 15) is 4.79 Å². The molecule has 0 bridgehead atoms. The lowest BCUT2D eigenvalue weighted by molar-refractivity contribution is -0.123. The van der Waals surface area contributed by atoms with Crippen molar-refractivity contribution in [2.24, 2.45) is 0 Å². The molecular weight excluding hydrogens is 210 g/mol. The molecule has 1 unspecified atom stereocenters. The summed E-state index contributed by atoms with van der Waals surface area (Å²) in [5, 5.41) is 13.5. The first kappa shape index (κ1) is 10.9. The third kappa shape index (κ3) is 1.99. The van der Waals surface area contributed by atoms with E-state index in [4.69, 9.17) is 4.42 Å². The summed E-state index contributed by atoms with van der Waals surface area (Å²) in [5.41, 5.74) is 0. The van der Waals surface area contributed by atoms with Gasteiger partial charge in [-0.2, -0.15) is 0 Å². The standard InChI is InChI=1S/C9H15N5O2/c1-6-8(15)11-3-4-14(6)9-13-12-7(16-9)5-10-2/h6,10H,3-5H2,1-2H3,(H,11,15). The van der Waals surface area contributed by atoms with Crippen molar-refractivity contribution < 1.29 is 9.21 Å². The fraction of sp³-hybridized carbons (Fsp3) is 0.667. The van der Waals surface area contributed by atoms with Crippen molar-refractivity contribution in [1.29, 1.82) is 0 Å². The molecule has 0 aliphatic carbocycles.